The van der Waals surface area contributed by atoms with E-state index in [1.165, 1.54) is 5.56 Å². The number of carbonyl (C=O) groups excluding carboxylic acids is 2. The fourth-order valence-corrected chi connectivity index (χ4v) is 3.95. The van der Waals surface area contributed by atoms with Gasteiger partial charge in [-0.05, 0) is 47.1 Å². The number of benzene rings is 2. The van der Waals surface area contributed by atoms with E-state index >= 15 is 0 Å². The molecule has 0 saturated heterocycles. The molecule has 168 valence electrons. The Balaban J connectivity index is 2.20. The Morgan fingerprint density at radius 3 is 2.23 bits per heavy atom. The summed E-state index contributed by atoms with van der Waals surface area (Å²) in [5.41, 5.74) is 3.20. The van der Waals surface area contributed by atoms with Crippen molar-refractivity contribution in [2.75, 3.05) is 7.05 Å². The molecule has 2 rings (SSSR count). The summed E-state index contributed by atoms with van der Waals surface area (Å²) in [4.78, 5) is 27.3. The molecule has 1 atom stereocenters. The van der Waals surface area contributed by atoms with Crippen molar-refractivity contribution in [3.63, 3.8) is 0 Å². The number of likely N-dealkylation sites (N-methyl/N-ethyl adjacent to an activating group) is 1. The smallest absolute Gasteiger partial charge is 0.242 e. The van der Waals surface area contributed by atoms with Gasteiger partial charge in [0.15, 0.2) is 0 Å². The number of aryl methyl sites for hydroxylation is 1. The Morgan fingerprint density at radius 2 is 1.71 bits per heavy atom. The van der Waals surface area contributed by atoms with E-state index in [1.807, 2.05) is 6.92 Å². The quantitative estimate of drug-likeness (QED) is 0.540. The minimum Gasteiger partial charge on any atom is -0.357 e. The highest BCUT2D eigenvalue weighted by Crippen LogP contribution is 2.25. The van der Waals surface area contributed by atoms with Crippen LogP contribution in [0.3, 0.4) is 0 Å². The molecule has 2 amide bonds. The van der Waals surface area contributed by atoms with Gasteiger partial charge >= 0.3 is 0 Å². The van der Waals surface area contributed by atoms with Crippen LogP contribution in [0.25, 0.3) is 0 Å². The first-order valence-corrected chi connectivity index (χ1v) is 11.4. The summed E-state index contributed by atoms with van der Waals surface area (Å²) in [5, 5.41) is 3.68. The van der Waals surface area contributed by atoms with Gasteiger partial charge in [0.05, 0.1) is 0 Å². The van der Waals surface area contributed by atoms with Crippen molar-refractivity contribution in [3.8, 4) is 0 Å². The van der Waals surface area contributed by atoms with Crippen molar-refractivity contribution >= 4 is 35.0 Å². The number of carbonyl (C=O) groups is 2. The molecule has 0 fully saturated rings. The van der Waals surface area contributed by atoms with Crippen LogP contribution in [0.4, 0.5) is 0 Å². The van der Waals surface area contributed by atoms with Crippen LogP contribution in [0.5, 0.6) is 0 Å². The Hall–Kier alpha value is -2.04. The first-order valence-electron chi connectivity index (χ1n) is 10.6. The highest BCUT2D eigenvalue weighted by atomic mass is 35.5. The lowest BCUT2D eigenvalue weighted by Crippen LogP contribution is -2.48. The first-order chi connectivity index (χ1) is 14.6. The van der Waals surface area contributed by atoms with E-state index in [1.54, 1.807) is 30.1 Å². The number of amides is 2. The third-order valence-electron chi connectivity index (χ3n) is 5.44. The fourth-order valence-electron chi connectivity index (χ4n) is 3.49. The van der Waals surface area contributed by atoms with Crippen LogP contribution in [0.2, 0.25) is 10.0 Å². The summed E-state index contributed by atoms with van der Waals surface area (Å²) in [6.07, 6.45) is 1.43. The summed E-state index contributed by atoms with van der Waals surface area (Å²) in [6.45, 7) is 8.68. The maximum atomic E-state index is 13.2. The standard InChI is InChI=1S/C25H32Cl2N2O2/c1-6-22(24(31)28-5)29(16-18-10-13-20(26)15-21(18)27)23(30)14-9-17-7-11-19(12-8-17)25(2,3)4/h7-8,10-13,15,22H,6,9,14,16H2,1-5H3,(H,28,31)/t22-/m1/s1. The maximum absolute atomic E-state index is 13.2. The largest absolute Gasteiger partial charge is 0.357 e. The molecular formula is C25H32Cl2N2O2. The van der Waals surface area contributed by atoms with E-state index in [0.717, 1.165) is 11.1 Å². The molecule has 0 bridgehead atoms. The molecule has 0 aromatic heterocycles. The van der Waals surface area contributed by atoms with Crippen molar-refractivity contribution < 1.29 is 9.59 Å². The molecule has 0 radical (unpaired) electrons. The summed E-state index contributed by atoms with van der Waals surface area (Å²) in [6, 6.07) is 13.0. The predicted octanol–water partition coefficient (Wildman–Crippen LogP) is 5.78. The maximum Gasteiger partial charge on any atom is 0.242 e. The molecule has 2 aromatic carbocycles. The Labute approximate surface area is 195 Å². The lowest BCUT2D eigenvalue weighted by atomic mass is 9.86. The van der Waals surface area contributed by atoms with Gasteiger partial charge in [-0.1, -0.05) is 81.2 Å². The number of hydrogen-bond donors (Lipinski definition) is 1. The summed E-state index contributed by atoms with van der Waals surface area (Å²) < 4.78 is 0. The first kappa shape index (κ1) is 25.2. The van der Waals surface area contributed by atoms with Crippen LogP contribution < -0.4 is 5.32 Å². The second kappa shape index (κ2) is 11.0. The predicted molar refractivity (Wildman–Crippen MR) is 129 cm³/mol. The highest BCUT2D eigenvalue weighted by Gasteiger charge is 2.28. The molecule has 0 unspecified atom stereocenters. The van der Waals surface area contributed by atoms with Crippen molar-refractivity contribution in [3.05, 3.63) is 69.2 Å². The number of rotatable bonds is 8. The summed E-state index contributed by atoms with van der Waals surface area (Å²) in [5.74, 6) is -0.267. The summed E-state index contributed by atoms with van der Waals surface area (Å²) >= 11 is 12.3. The second-order valence-electron chi connectivity index (χ2n) is 8.74. The number of nitrogens with zero attached hydrogens (tertiary/aromatic N) is 1. The van der Waals surface area contributed by atoms with Gasteiger partial charge in [0.1, 0.15) is 6.04 Å². The average molecular weight is 463 g/mol. The van der Waals surface area contributed by atoms with E-state index in [4.69, 9.17) is 23.2 Å². The van der Waals surface area contributed by atoms with Crippen LogP contribution in [-0.2, 0) is 28.0 Å². The Bertz CT molecular complexity index is 905. The van der Waals surface area contributed by atoms with Crippen molar-refractivity contribution in [2.45, 2.75) is 65.0 Å². The van der Waals surface area contributed by atoms with Gasteiger partial charge in [0.2, 0.25) is 11.8 Å². The zero-order valence-corrected chi connectivity index (χ0v) is 20.5. The zero-order valence-electron chi connectivity index (χ0n) is 19.0. The van der Waals surface area contributed by atoms with Gasteiger partial charge in [-0.2, -0.15) is 0 Å². The fraction of sp³-hybridized carbons (Fsp3) is 0.440. The van der Waals surface area contributed by atoms with Gasteiger partial charge in [-0.3, -0.25) is 9.59 Å². The van der Waals surface area contributed by atoms with Crippen molar-refractivity contribution in [1.82, 2.24) is 10.2 Å². The van der Waals surface area contributed by atoms with Gasteiger partial charge in [0, 0.05) is 30.1 Å². The molecule has 0 aliphatic heterocycles. The lowest BCUT2D eigenvalue weighted by molar-refractivity contribution is -0.141. The van der Waals surface area contributed by atoms with Crippen LogP contribution in [-0.4, -0.2) is 29.8 Å². The molecule has 0 aliphatic carbocycles. The van der Waals surface area contributed by atoms with Crippen LogP contribution >= 0.6 is 23.2 Å². The number of hydrogen-bond acceptors (Lipinski definition) is 2. The third-order valence-corrected chi connectivity index (χ3v) is 6.02. The van der Waals surface area contributed by atoms with Crippen molar-refractivity contribution in [1.29, 1.82) is 0 Å². The van der Waals surface area contributed by atoms with E-state index < -0.39 is 6.04 Å². The van der Waals surface area contributed by atoms with Crippen LogP contribution in [0.1, 0.15) is 57.2 Å². The van der Waals surface area contributed by atoms with Gasteiger partial charge in [-0.25, -0.2) is 0 Å². The number of nitrogens with one attached hydrogen (secondary N) is 1. The average Bonchev–Trinajstić information content (AvgIpc) is 2.72. The molecule has 2 aromatic rings. The molecular weight excluding hydrogens is 431 g/mol. The Kier molecular flexibility index (Phi) is 8.96. The van der Waals surface area contributed by atoms with E-state index in [-0.39, 0.29) is 23.8 Å². The minimum atomic E-state index is -0.562. The molecule has 4 nitrogen and oxygen atoms in total. The topological polar surface area (TPSA) is 49.4 Å². The molecule has 0 spiro atoms. The van der Waals surface area contributed by atoms with E-state index in [2.05, 4.69) is 50.4 Å². The minimum absolute atomic E-state index is 0.0821. The molecule has 31 heavy (non-hydrogen) atoms. The highest BCUT2D eigenvalue weighted by molar-refractivity contribution is 6.35. The molecule has 0 saturated carbocycles. The zero-order chi connectivity index (χ0) is 23.2. The van der Waals surface area contributed by atoms with Gasteiger partial charge in [-0.15, -0.1) is 0 Å². The third kappa shape index (κ3) is 6.98. The normalized spacial score (nSPS) is 12.4. The molecule has 0 heterocycles. The van der Waals surface area contributed by atoms with Crippen LogP contribution in [0, 0.1) is 0 Å². The second-order valence-corrected chi connectivity index (χ2v) is 9.59. The van der Waals surface area contributed by atoms with E-state index in [9.17, 15) is 9.59 Å². The number of halogens is 2. The van der Waals surface area contributed by atoms with Gasteiger partial charge < -0.3 is 10.2 Å². The molecule has 6 heteroatoms. The molecule has 0 aliphatic rings. The molecule has 1 N–H and O–H groups in total. The van der Waals surface area contributed by atoms with Crippen LogP contribution in [0.15, 0.2) is 42.5 Å². The summed E-state index contributed by atoms with van der Waals surface area (Å²) in [7, 11) is 1.58. The van der Waals surface area contributed by atoms with Gasteiger partial charge in [0.25, 0.3) is 0 Å². The lowest BCUT2D eigenvalue weighted by Gasteiger charge is -2.30. The van der Waals surface area contributed by atoms with E-state index in [0.29, 0.717) is 29.3 Å². The SMILES string of the molecule is CC[C@H](C(=O)NC)N(Cc1ccc(Cl)cc1Cl)C(=O)CCc1ccc(C(C)(C)C)cc1. The monoisotopic (exact) mass is 462 g/mol. The Morgan fingerprint density at radius 1 is 1.06 bits per heavy atom. The van der Waals surface area contributed by atoms with Crippen molar-refractivity contribution in [2.24, 2.45) is 0 Å².